The fourth-order valence-corrected chi connectivity index (χ4v) is 3.90. The normalized spacial score (nSPS) is 11.8. The van der Waals surface area contributed by atoms with Crippen LogP contribution in [0.5, 0.6) is 0 Å². The first-order chi connectivity index (χ1) is 15.8. The molecule has 6 nitrogen and oxygen atoms in total. The van der Waals surface area contributed by atoms with Gasteiger partial charge in [-0.05, 0) is 48.4 Å². The van der Waals surface area contributed by atoms with Crippen LogP contribution in [0.2, 0.25) is 0 Å². The van der Waals surface area contributed by atoms with Gasteiger partial charge in [-0.25, -0.2) is 13.8 Å². The molecule has 33 heavy (non-hydrogen) atoms. The molecule has 0 aliphatic carbocycles. The van der Waals surface area contributed by atoms with E-state index in [1.165, 1.54) is 10.8 Å². The summed E-state index contributed by atoms with van der Waals surface area (Å²) in [6, 6.07) is 6.51. The van der Waals surface area contributed by atoms with Gasteiger partial charge in [0.2, 0.25) is 0 Å². The van der Waals surface area contributed by atoms with Crippen molar-refractivity contribution < 1.29 is 13.6 Å². The molecule has 3 heterocycles. The van der Waals surface area contributed by atoms with Gasteiger partial charge in [0.25, 0.3) is 11.5 Å². The molecule has 0 spiro atoms. The molecule has 0 fully saturated rings. The summed E-state index contributed by atoms with van der Waals surface area (Å²) in [6.07, 6.45) is 4.67. The van der Waals surface area contributed by atoms with Gasteiger partial charge >= 0.3 is 0 Å². The highest BCUT2D eigenvalue weighted by Crippen LogP contribution is 2.29. The zero-order chi connectivity index (χ0) is 23.7. The molecule has 1 unspecified atom stereocenters. The molecule has 0 aliphatic rings. The minimum Gasteiger partial charge on any atom is -0.366 e. The molecule has 3 aromatic heterocycles. The Labute approximate surface area is 188 Å². The molecule has 1 amide bonds. The molecule has 1 atom stereocenters. The van der Waals surface area contributed by atoms with Gasteiger partial charge in [-0.1, -0.05) is 11.8 Å². The van der Waals surface area contributed by atoms with Gasteiger partial charge in [-0.2, -0.15) is 0 Å². The Morgan fingerprint density at radius 3 is 2.79 bits per heavy atom. The summed E-state index contributed by atoms with van der Waals surface area (Å²) in [6.45, 7) is 1.81. The van der Waals surface area contributed by atoms with Crippen LogP contribution in [0.25, 0.3) is 11.0 Å². The number of amides is 1. The second kappa shape index (κ2) is 8.71. The number of rotatable bonds is 4. The lowest BCUT2D eigenvalue weighted by atomic mass is 9.88. The molecule has 4 aromatic rings. The SMILES string of the molecule is Cc1cc(C(CC#Cc2c(C(N)=O)cnc3[nH]ccc23)c2cc(F)ccc2F)c(=O)n(C)c1. The maximum absolute atomic E-state index is 14.7. The number of hydrogen-bond donors (Lipinski definition) is 2. The van der Waals surface area contributed by atoms with E-state index in [1.54, 1.807) is 31.6 Å². The highest BCUT2D eigenvalue weighted by atomic mass is 19.1. The van der Waals surface area contributed by atoms with Gasteiger partial charge in [0.1, 0.15) is 17.3 Å². The van der Waals surface area contributed by atoms with E-state index in [4.69, 9.17) is 5.73 Å². The molecular weight excluding hydrogens is 426 g/mol. The van der Waals surface area contributed by atoms with E-state index in [2.05, 4.69) is 21.8 Å². The summed E-state index contributed by atoms with van der Waals surface area (Å²) >= 11 is 0. The van der Waals surface area contributed by atoms with E-state index in [0.29, 0.717) is 22.2 Å². The van der Waals surface area contributed by atoms with Gasteiger partial charge in [0.15, 0.2) is 0 Å². The molecule has 0 aliphatic heterocycles. The lowest BCUT2D eigenvalue weighted by molar-refractivity contribution is 0.1000. The number of hydrogen-bond acceptors (Lipinski definition) is 3. The van der Waals surface area contributed by atoms with Crippen LogP contribution in [0.4, 0.5) is 8.78 Å². The second-order valence-corrected chi connectivity index (χ2v) is 7.76. The molecule has 3 N–H and O–H groups in total. The minimum absolute atomic E-state index is 0.00546. The first-order valence-electron chi connectivity index (χ1n) is 10.1. The molecule has 166 valence electrons. The second-order valence-electron chi connectivity index (χ2n) is 7.76. The number of nitrogens with two attached hydrogens (primary N) is 1. The maximum Gasteiger partial charge on any atom is 0.254 e. The Morgan fingerprint density at radius 1 is 1.24 bits per heavy atom. The fraction of sp³-hybridized carbons (Fsp3) is 0.160. The summed E-state index contributed by atoms with van der Waals surface area (Å²) in [5.74, 6) is 3.13. The van der Waals surface area contributed by atoms with Crippen LogP contribution in [0.15, 0.2) is 53.7 Å². The number of benzene rings is 1. The van der Waals surface area contributed by atoms with Crippen molar-refractivity contribution in [3.63, 3.8) is 0 Å². The topological polar surface area (TPSA) is 93.8 Å². The predicted molar refractivity (Wildman–Crippen MR) is 121 cm³/mol. The zero-order valence-electron chi connectivity index (χ0n) is 17.9. The molecule has 0 bridgehead atoms. The van der Waals surface area contributed by atoms with Crippen LogP contribution in [0.3, 0.4) is 0 Å². The third-order valence-electron chi connectivity index (χ3n) is 5.43. The van der Waals surface area contributed by atoms with Gasteiger partial charge in [0.05, 0.1) is 5.56 Å². The number of halogens is 2. The lowest BCUT2D eigenvalue weighted by Crippen LogP contribution is -2.24. The largest absolute Gasteiger partial charge is 0.366 e. The highest BCUT2D eigenvalue weighted by Gasteiger charge is 2.22. The molecular formula is C25H20F2N4O2. The van der Waals surface area contributed by atoms with Gasteiger partial charge in [0, 0.05) is 54.5 Å². The summed E-state index contributed by atoms with van der Waals surface area (Å²) in [7, 11) is 1.60. The summed E-state index contributed by atoms with van der Waals surface area (Å²) in [4.78, 5) is 31.9. The number of carbonyl (C=O) groups is 1. The van der Waals surface area contributed by atoms with E-state index in [1.807, 2.05) is 6.92 Å². The molecule has 0 radical (unpaired) electrons. The summed E-state index contributed by atoms with van der Waals surface area (Å²) < 4.78 is 30.1. The monoisotopic (exact) mass is 446 g/mol. The number of pyridine rings is 2. The lowest BCUT2D eigenvalue weighted by Gasteiger charge is -2.17. The van der Waals surface area contributed by atoms with Gasteiger partial charge < -0.3 is 15.3 Å². The Kier molecular flexibility index (Phi) is 5.80. The predicted octanol–water partition coefficient (Wildman–Crippen LogP) is 3.52. The third-order valence-corrected chi connectivity index (χ3v) is 5.43. The van der Waals surface area contributed by atoms with Crippen LogP contribution in [0, 0.1) is 30.4 Å². The Hall–Kier alpha value is -4.25. The van der Waals surface area contributed by atoms with E-state index < -0.39 is 23.5 Å². The average molecular weight is 446 g/mol. The molecule has 0 saturated carbocycles. The number of fused-ring (bicyclic) bond motifs is 1. The maximum atomic E-state index is 14.7. The number of nitrogens with zero attached hydrogens (tertiary/aromatic N) is 2. The third kappa shape index (κ3) is 4.26. The standard InChI is InChI=1S/C25H20F2N4O2/c1-14-10-20(25(33)31(2)13-14)17(19-11-15(26)6-7-22(19)27)5-3-4-16-18-8-9-29-24(18)30-12-21(16)23(28)32/h6-13,17H,5H2,1-2H3,(H2,28,32)(H,29,30). The molecule has 8 heteroatoms. The van der Waals surface area contributed by atoms with Crippen LogP contribution in [-0.2, 0) is 7.05 Å². The minimum atomic E-state index is -0.826. The fourth-order valence-electron chi connectivity index (χ4n) is 3.90. The van der Waals surface area contributed by atoms with E-state index >= 15 is 0 Å². The molecule has 4 rings (SSSR count). The number of primary amides is 1. The van der Waals surface area contributed by atoms with Crippen molar-refractivity contribution in [1.29, 1.82) is 0 Å². The van der Waals surface area contributed by atoms with Crippen molar-refractivity contribution in [1.82, 2.24) is 14.5 Å². The smallest absolute Gasteiger partial charge is 0.254 e. The number of carbonyl (C=O) groups excluding carboxylic acids is 1. The number of aromatic amines is 1. The van der Waals surface area contributed by atoms with Crippen LogP contribution in [0.1, 0.15) is 45.0 Å². The van der Waals surface area contributed by atoms with E-state index in [9.17, 15) is 18.4 Å². The average Bonchev–Trinajstić information content (AvgIpc) is 3.25. The Morgan fingerprint density at radius 2 is 2.03 bits per heavy atom. The number of nitrogens with one attached hydrogen (secondary N) is 1. The molecule has 0 saturated heterocycles. The first kappa shape index (κ1) is 22.0. The summed E-state index contributed by atoms with van der Waals surface area (Å²) in [5.41, 5.74) is 7.34. The van der Waals surface area contributed by atoms with Crippen molar-refractivity contribution >= 4 is 16.9 Å². The first-order valence-corrected chi connectivity index (χ1v) is 10.1. The number of aromatic nitrogens is 3. The Bertz CT molecular complexity index is 1510. The van der Waals surface area contributed by atoms with Crippen molar-refractivity contribution in [2.45, 2.75) is 19.3 Å². The summed E-state index contributed by atoms with van der Waals surface area (Å²) in [5, 5.41) is 0.610. The zero-order valence-corrected chi connectivity index (χ0v) is 17.9. The van der Waals surface area contributed by atoms with Crippen LogP contribution in [-0.4, -0.2) is 20.4 Å². The van der Waals surface area contributed by atoms with Crippen LogP contribution < -0.4 is 11.3 Å². The van der Waals surface area contributed by atoms with Crippen molar-refractivity contribution in [3.8, 4) is 11.8 Å². The van der Waals surface area contributed by atoms with Crippen LogP contribution >= 0.6 is 0 Å². The Balaban J connectivity index is 1.86. The number of H-pyrrole nitrogens is 1. The van der Waals surface area contributed by atoms with Crippen molar-refractivity contribution in [2.24, 2.45) is 12.8 Å². The van der Waals surface area contributed by atoms with E-state index in [0.717, 1.165) is 23.8 Å². The van der Waals surface area contributed by atoms with Gasteiger partial charge in [-0.3, -0.25) is 9.59 Å². The highest BCUT2D eigenvalue weighted by molar-refractivity contribution is 6.00. The van der Waals surface area contributed by atoms with E-state index in [-0.39, 0.29) is 23.1 Å². The van der Waals surface area contributed by atoms with Crippen molar-refractivity contribution in [3.05, 3.63) is 98.7 Å². The van der Waals surface area contributed by atoms with Crippen molar-refractivity contribution in [2.75, 3.05) is 0 Å². The number of aryl methyl sites for hydroxylation is 2. The molecule has 1 aromatic carbocycles. The quantitative estimate of drug-likeness (QED) is 0.470. The van der Waals surface area contributed by atoms with Gasteiger partial charge in [-0.15, -0.1) is 0 Å².